The number of nitrogens with zero attached hydrogens (tertiary/aromatic N) is 1. The van der Waals surface area contributed by atoms with Crippen molar-refractivity contribution in [3.05, 3.63) is 59.2 Å². The van der Waals surface area contributed by atoms with E-state index < -0.39 is 0 Å². The Morgan fingerprint density at radius 2 is 1.68 bits per heavy atom. The van der Waals surface area contributed by atoms with Crippen LogP contribution in [0.3, 0.4) is 0 Å². The molecule has 0 fully saturated rings. The molecule has 134 valence electrons. The smallest absolute Gasteiger partial charge is 0.341 e. The summed E-state index contributed by atoms with van der Waals surface area (Å²) >= 11 is 0. The van der Waals surface area contributed by atoms with E-state index in [9.17, 15) is 4.79 Å². The highest BCUT2D eigenvalue weighted by molar-refractivity contribution is 5.96. The first-order valence-corrected chi connectivity index (χ1v) is 8.84. The highest BCUT2D eigenvalue weighted by Gasteiger charge is 2.19. The third kappa shape index (κ3) is 5.07. The summed E-state index contributed by atoms with van der Waals surface area (Å²) in [6.07, 6.45) is -0.253. The van der Waals surface area contributed by atoms with Gasteiger partial charge in [-0.2, -0.15) is 0 Å². The molecule has 1 N–H and O–H groups in total. The molecular formula is C21H28N2O2. The fourth-order valence-electron chi connectivity index (χ4n) is 3.00. The van der Waals surface area contributed by atoms with Crippen LogP contribution >= 0.6 is 0 Å². The van der Waals surface area contributed by atoms with E-state index >= 15 is 0 Å². The summed E-state index contributed by atoms with van der Waals surface area (Å²) in [4.78, 5) is 14.7. The number of anilines is 2. The van der Waals surface area contributed by atoms with E-state index in [1.54, 1.807) is 6.07 Å². The van der Waals surface area contributed by atoms with E-state index in [0.717, 1.165) is 24.5 Å². The van der Waals surface area contributed by atoms with Crippen molar-refractivity contribution in [2.75, 3.05) is 18.4 Å². The Hall–Kier alpha value is -2.33. The molecule has 0 aromatic heterocycles. The number of esters is 1. The lowest BCUT2D eigenvalue weighted by molar-refractivity contribution is -0.0196. The Labute approximate surface area is 150 Å². The largest absolute Gasteiger partial charge is 0.443 e. The van der Waals surface area contributed by atoms with Gasteiger partial charge in [-0.3, -0.25) is 4.90 Å². The van der Waals surface area contributed by atoms with E-state index in [1.165, 1.54) is 11.1 Å². The fraction of sp³-hybridized carbons (Fsp3) is 0.381. The molecule has 0 aliphatic carbocycles. The van der Waals surface area contributed by atoms with Crippen molar-refractivity contribution in [1.82, 2.24) is 4.90 Å². The Bertz CT molecular complexity index is 703. The van der Waals surface area contributed by atoms with Crippen LogP contribution in [0.1, 0.15) is 42.3 Å². The number of rotatable bonds is 7. The number of carbonyl (C=O) groups excluding carboxylic acids is 1. The van der Waals surface area contributed by atoms with Gasteiger partial charge in [0.2, 0.25) is 0 Å². The highest BCUT2D eigenvalue weighted by atomic mass is 16.6. The van der Waals surface area contributed by atoms with Gasteiger partial charge in [-0.25, -0.2) is 4.79 Å². The van der Waals surface area contributed by atoms with Gasteiger partial charge in [0.1, 0.15) is 0 Å². The average Bonchev–Trinajstić information content (AvgIpc) is 2.55. The first kappa shape index (κ1) is 19.0. The predicted molar refractivity (Wildman–Crippen MR) is 103 cm³/mol. The molecule has 1 unspecified atom stereocenters. The monoisotopic (exact) mass is 340 g/mol. The van der Waals surface area contributed by atoms with Crippen molar-refractivity contribution in [2.24, 2.45) is 0 Å². The van der Waals surface area contributed by atoms with Gasteiger partial charge in [0.25, 0.3) is 0 Å². The minimum absolute atomic E-state index is 0.253. The van der Waals surface area contributed by atoms with Gasteiger partial charge >= 0.3 is 5.97 Å². The van der Waals surface area contributed by atoms with Crippen molar-refractivity contribution >= 4 is 17.3 Å². The molecule has 0 radical (unpaired) electrons. The summed E-state index contributed by atoms with van der Waals surface area (Å²) in [6.45, 7) is 11.8. The molecule has 0 spiro atoms. The van der Waals surface area contributed by atoms with Crippen LogP contribution < -0.4 is 5.32 Å². The minimum atomic E-state index is -0.313. The number of aryl methyl sites for hydroxylation is 2. The molecule has 0 saturated carbocycles. The summed E-state index contributed by atoms with van der Waals surface area (Å²) in [7, 11) is 0. The Kier molecular flexibility index (Phi) is 6.59. The fourth-order valence-corrected chi connectivity index (χ4v) is 3.00. The maximum Gasteiger partial charge on any atom is 0.341 e. The van der Waals surface area contributed by atoms with Crippen LogP contribution in [0.4, 0.5) is 11.4 Å². The molecule has 0 heterocycles. The standard InChI is InChI=1S/C21H28N2O2/c1-6-23(7-2)17(5)25-21(24)19-10-8-9-11-20(19)22-18-13-15(3)12-16(4)14-18/h8-14,17,22H,6-7H2,1-5H3. The normalized spacial score (nSPS) is 12.1. The first-order valence-electron chi connectivity index (χ1n) is 8.84. The van der Waals surface area contributed by atoms with Gasteiger partial charge in [-0.05, 0) is 69.3 Å². The van der Waals surface area contributed by atoms with Crippen molar-refractivity contribution in [3.8, 4) is 0 Å². The molecule has 0 saturated heterocycles. The molecular weight excluding hydrogens is 312 g/mol. The number of carbonyl (C=O) groups is 1. The van der Waals surface area contributed by atoms with Gasteiger partial charge in [0.15, 0.2) is 6.23 Å². The van der Waals surface area contributed by atoms with Crippen LogP contribution in [0.2, 0.25) is 0 Å². The number of benzene rings is 2. The van der Waals surface area contributed by atoms with Crippen LogP contribution in [0.5, 0.6) is 0 Å². The zero-order chi connectivity index (χ0) is 18.4. The number of para-hydroxylation sites is 1. The maximum absolute atomic E-state index is 12.6. The number of nitrogens with one attached hydrogen (secondary N) is 1. The summed E-state index contributed by atoms with van der Waals surface area (Å²) in [5.74, 6) is -0.313. The number of hydrogen-bond donors (Lipinski definition) is 1. The molecule has 2 rings (SSSR count). The Morgan fingerprint density at radius 1 is 1.08 bits per heavy atom. The Morgan fingerprint density at radius 3 is 2.28 bits per heavy atom. The van der Waals surface area contributed by atoms with Gasteiger partial charge in [-0.1, -0.05) is 32.0 Å². The molecule has 4 nitrogen and oxygen atoms in total. The van der Waals surface area contributed by atoms with E-state index in [4.69, 9.17) is 4.74 Å². The van der Waals surface area contributed by atoms with Crippen LogP contribution in [0.25, 0.3) is 0 Å². The highest BCUT2D eigenvalue weighted by Crippen LogP contribution is 2.24. The average molecular weight is 340 g/mol. The third-order valence-corrected chi connectivity index (χ3v) is 4.25. The lowest BCUT2D eigenvalue weighted by atomic mass is 10.1. The summed E-state index contributed by atoms with van der Waals surface area (Å²) in [5, 5.41) is 3.35. The van der Waals surface area contributed by atoms with Crippen molar-refractivity contribution in [1.29, 1.82) is 0 Å². The van der Waals surface area contributed by atoms with Crippen molar-refractivity contribution in [2.45, 2.75) is 40.8 Å². The minimum Gasteiger partial charge on any atom is -0.443 e. The predicted octanol–water partition coefficient (Wildman–Crippen LogP) is 4.89. The van der Waals surface area contributed by atoms with E-state index in [2.05, 4.69) is 56.1 Å². The lowest BCUT2D eigenvalue weighted by Gasteiger charge is -2.26. The SMILES string of the molecule is CCN(CC)C(C)OC(=O)c1ccccc1Nc1cc(C)cc(C)c1. The molecule has 1 atom stereocenters. The zero-order valence-electron chi connectivity index (χ0n) is 15.8. The first-order chi connectivity index (χ1) is 11.9. The van der Waals surface area contributed by atoms with Gasteiger partial charge in [0, 0.05) is 5.69 Å². The van der Waals surface area contributed by atoms with E-state index in [1.807, 2.05) is 25.1 Å². The van der Waals surface area contributed by atoms with Crippen molar-refractivity contribution < 1.29 is 9.53 Å². The molecule has 2 aromatic rings. The summed E-state index contributed by atoms with van der Waals surface area (Å²) in [5.41, 5.74) is 4.62. The molecule has 4 heteroatoms. The van der Waals surface area contributed by atoms with Gasteiger partial charge in [-0.15, -0.1) is 0 Å². The summed E-state index contributed by atoms with van der Waals surface area (Å²) in [6, 6.07) is 13.7. The van der Waals surface area contributed by atoms with E-state index in [-0.39, 0.29) is 12.2 Å². The third-order valence-electron chi connectivity index (χ3n) is 4.25. The molecule has 0 aliphatic rings. The van der Waals surface area contributed by atoms with E-state index in [0.29, 0.717) is 5.56 Å². The van der Waals surface area contributed by atoms with Crippen LogP contribution in [0, 0.1) is 13.8 Å². The summed E-state index contributed by atoms with van der Waals surface area (Å²) < 4.78 is 5.65. The second-order valence-corrected chi connectivity index (χ2v) is 6.27. The number of hydrogen-bond acceptors (Lipinski definition) is 4. The lowest BCUT2D eigenvalue weighted by Crippen LogP contribution is -2.36. The second kappa shape index (κ2) is 8.67. The number of ether oxygens (including phenoxy) is 1. The van der Waals surface area contributed by atoms with Crippen LogP contribution in [0.15, 0.2) is 42.5 Å². The topological polar surface area (TPSA) is 41.6 Å². The zero-order valence-corrected chi connectivity index (χ0v) is 15.8. The van der Waals surface area contributed by atoms with Crippen LogP contribution in [-0.2, 0) is 4.74 Å². The van der Waals surface area contributed by atoms with Crippen LogP contribution in [-0.4, -0.2) is 30.2 Å². The Balaban J connectivity index is 2.21. The molecule has 0 aliphatic heterocycles. The molecule has 0 bridgehead atoms. The second-order valence-electron chi connectivity index (χ2n) is 6.27. The molecule has 25 heavy (non-hydrogen) atoms. The van der Waals surface area contributed by atoms with Crippen molar-refractivity contribution in [3.63, 3.8) is 0 Å². The van der Waals surface area contributed by atoms with Gasteiger partial charge in [0.05, 0.1) is 11.3 Å². The molecule has 0 amide bonds. The van der Waals surface area contributed by atoms with Gasteiger partial charge < -0.3 is 10.1 Å². The quantitative estimate of drug-likeness (QED) is 0.575. The molecule has 2 aromatic carbocycles. The maximum atomic E-state index is 12.6.